The number of aryl methyl sites for hydroxylation is 1. The molecule has 5 heteroatoms. The van der Waals surface area contributed by atoms with Gasteiger partial charge in [-0.3, -0.25) is 15.0 Å². The standard InChI is InChI=1S/C15H21N3O2/c1-2-11-3-4-12(9-15(11)18(19)20)16-13-7-8-17(10-13)14-5-6-14/h3-4,9,13-14,16H,2,5-8,10H2,1H3. The molecule has 1 saturated carbocycles. The van der Waals surface area contributed by atoms with E-state index in [0.717, 1.165) is 36.8 Å². The van der Waals surface area contributed by atoms with Gasteiger partial charge in [0.05, 0.1) is 4.92 Å². The Morgan fingerprint density at radius 3 is 2.85 bits per heavy atom. The zero-order chi connectivity index (χ0) is 14.1. The van der Waals surface area contributed by atoms with Gasteiger partial charge in [0, 0.05) is 42.5 Å². The lowest BCUT2D eigenvalue weighted by atomic mass is 10.1. The smallest absolute Gasteiger partial charge is 0.274 e. The van der Waals surface area contributed by atoms with Gasteiger partial charge in [-0.15, -0.1) is 0 Å². The number of hydrogen-bond donors (Lipinski definition) is 1. The molecule has 20 heavy (non-hydrogen) atoms. The quantitative estimate of drug-likeness (QED) is 0.663. The van der Waals surface area contributed by atoms with Crippen molar-refractivity contribution in [2.75, 3.05) is 18.4 Å². The number of nitrogens with zero attached hydrogens (tertiary/aromatic N) is 2. The first-order valence-corrected chi connectivity index (χ1v) is 7.45. The normalized spacial score (nSPS) is 22.9. The Balaban J connectivity index is 1.68. The van der Waals surface area contributed by atoms with E-state index in [9.17, 15) is 10.1 Å². The Hall–Kier alpha value is -1.62. The number of rotatable bonds is 5. The van der Waals surface area contributed by atoms with Crippen molar-refractivity contribution in [3.8, 4) is 0 Å². The molecule has 1 aliphatic carbocycles. The van der Waals surface area contributed by atoms with Crippen molar-refractivity contribution in [2.24, 2.45) is 0 Å². The lowest BCUT2D eigenvalue weighted by Crippen LogP contribution is -2.27. The van der Waals surface area contributed by atoms with E-state index in [1.807, 2.05) is 19.1 Å². The van der Waals surface area contributed by atoms with Gasteiger partial charge in [0.25, 0.3) is 5.69 Å². The van der Waals surface area contributed by atoms with Crippen molar-refractivity contribution in [2.45, 2.75) is 44.7 Å². The van der Waals surface area contributed by atoms with Crippen molar-refractivity contribution in [1.29, 1.82) is 0 Å². The molecule has 2 aliphatic rings. The van der Waals surface area contributed by atoms with Crippen molar-refractivity contribution < 1.29 is 4.92 Å². The average Bonchev–Trinajstić information content (AvgIpc) is 3.19. The molecular formula is C15H21N3O2. The molecule has 0 spiro atoms. The summed E-state index contributed by atoms with van der Waals surface area (Å²) in [6.07, 6.45) is 4.49. The summed E-state index contributed by atoms with van der Waals surface area (Å²) in [6.45, 7) is 4.16. The van der Waals surface area contributed by atoms with Crippen LogP contribution < -0.4 is 5.32 Å². The lowest BCUT2D eigenvalue weighted by Gasteiger charge is -2.17. The van der Waals surface area contributed by atoms with Crippen LogP contribution >= 0.6 is 0 Å². The molecule has 5 nitrogen and oxygen atoms in total. The van der Waals surface area contributed by atoms with Crippen molar-refractivity contribution in [3.05, 3.63) is 33.9 Å². The molecule has 0 radical (unpaired) electrons. The van der Waals surface area contributed by atoms with Crippen molar-refractivity contribution >= 4 is 11.4 Å². The number of anilines is 1. The van der Waals surface area contributed by atoms with Gasteiger partial charge in [-0.25, -0.2) is 0 Å². The van der Waals surface area contributed by atoms with Crippen LogP contribution in [0.15, 0.2) is 18.2 Å². The number of nitro groups is 1. The van der Waals surface area contributed by atoms with Gasteiger partial charge in [0.15, 0.2) is 0 Å². The number of likely N-dealkylation sites (tertiary alicyclic amines) is 1. The summed E-state index contributed by atoms with van der Waals surface area (Å²) in [4.78, 5) is 13.3. The first-order valence-electron chi connectivity index (χ1n) is 7.45. The predicted molar refractivity (Wildman–Crippen MR) is 79.1 cm³/mol. The minimum atomic E-state index is -0.283. The van der Waals surface area contributed by atoms with Gasteiger partial charge in [-0.05, 0) is 31.7 Å². The van der Waals surface area contributed by atoms with Crippen molar-refractivity contribution in [3.63, 3.8) is 0 Å². The Bertz CT molecular complexity index is 514. The Morgan fingerprint density at radius 1 is 1.40 bits per heavy atom. The summed E-state index contributed by atoms with van der Waals surface area (Å²) in [5.74, 6) is 0. The maximum Gasteiger partial charge on any atom is 0.274 e. The molecule has 1 N–H and O–H groups in total. The van der Waals surface area contributed by atoms with E-state index in [0.29, 0.717) is 12.5 Å². The summed E-state index contributed by atoms with van der Waals surface area (Å²) >= 11 is 0. The van der Waals surface area contributed by atoms with E-state index in [2.05, 4.69) is 10.2 Å². The third-order valence-corrected chi connectivity index (χ3v) is 4.32. The topological polar surface area (TPSA) is 58.4 Å². The lowest BCUT2D eigenvalue weighted by molar-refractivity contribution is -0.385. The Morgan fingerprint density at radius 2 is 2.20 bits per heavy atom. The van der Waals surface area contributed by atoms with Crippen molar-refractivity contribution in [1.82, 2.24) is 4.90 Å². The average molecular weight is 275 g/mol. The SMILES string of the molecule is CCc1ccc(NC2CCN(C3CC3)C2)cc1[N+](=O)[O-]. The molecule has 1 aliphatic heterocycles. The largest absolute Gasteiger partial charge is 0.381 e. The summed E-state index contributed by atoms with van der Waals surface area (Å²) < 4.78 is 0. The number of benzene rings is 1. The molecule has 1 saturated heterocycles. The van der Waals surface area contributed by atoms with Gasteiger partial charge < -0.3 is 5.32 Å². The molecule has 0 aromatic heterocycles. The minimum Gasteiger partial charge on any atom is -0.381 e. The first kappa shape index (κ1) is 13.4. The molecule has 0 amide bonds. The van der Waals surface area contributed by atoms with Gasteiger partial charge in [0.2, 0.25) is 0 Å². The van der Waals surface area contributed by atoms with E-state index >= 15 is 0 Å². The molecule has 1 aromatic rings. The second-order valence-corrected chi connectivity index (χ2v) is 5.81. The van der Waals surface area contributed by atoms with E-state index in [4.69, 9.17) is 0 Å². The van der Waals surface area contributed by atoms with E-state index < -0.39 is 0 Å². The maximum atomic E-state index is 11.1. The molecular weight excluding hydrogens is 254 g/mol. The third kappa shape index (κ3) is 2.77. The van der Waals surface area contributed by atoms with Crippen LogP contribution in [0.25, 0.3) is 0 Å². The molecule has 3 rings (SSSR count). The van der Waals surface area contributed by atoms with Crippen LogP contribution in [0.2, 0.25) is 0 Å². The van der Waals surface area contributed by atoms with Gasteiger partial charge >= 0.3 is 0 Å². The number of hydrogen-bond acceptors (Lipinski definition) is 4. The summed E-state index contributed by atoms with van der Waals surface area (Å²) in [7, 11) is 0. The van der Waals surface area contributed by atoms with E-state index in [1.165, 1.54) is 12.8 Å². The summed E-state index contributed by atoms with van der Waals surface area (Å²) in [6, 6.07) is 6.74. The highest BCUT2D eigenvalue weighted by atomic mass is 16.6. The fourth-order valence-corrected chi connectivity index (χ4v) is 3.03. The molecule has 2 fully saturated rings. The maximum absolute atomic E-state index is 11.1. The van der Waals surface area contributed by atoms with E-state index in [-0.39, 0.29) is 10.6 Å². The summed E-state index contributed by atoms with van der Waals surface area (Å²) in [5.41, 5.74) is 1.90. The molecule has 0 bridgehead atoms. The summed E-state index contributed by atoms with van der Waals surface area (Å²) in [5, 5.41) is 14.5. The predicted octanol–water partition coefficient (Wildman–Crippen LogP) is 2.81. The first-order chi connectivity index (χ1) is 9.67. The van der Waals surface area contributed by atoms with Crippen LogP contribution in [0.3, 0.4) is 0 Å². The van der Waals surface area contributed by atoms with Gasteiger partial charge in [-0.1, -0.05) is 13.0 Å². The molecule has 1 unspecified atom stereocenters. The molecule has 108 valence electrons. The van der Waals surface area contributed by atoms with Crippen LogP contribution in [0, 0.1) is 10.1 Å². The van der Waals surface area contributed by atoms with Crippen LogP contribution in [-0.4, -0.2) is 35.0 Å². The second-order valence-electron chi connectivity index (χ2n) is 5.81. The van der Waals surface area contributed by atoms with Crippen LogP contribution in [0.5, 0.6) is 0 Å². The minimum absolute atomic E-state index is 0.231. The van der Waals surface area contributed by atoms with Crippen LogP contribution in [0.4, 0.5) is 11.4 Å². The Kier molecular flexibility index (Phi) is 3.61. The van der Waals surface area contributed by atoms with Crippen LogP contribution in [-0.2, 0) is 6.42 Å². The second kappa shape index (κ2) is 5.40. The fourth-order valence-electron chi connectivity index (χ4n) is 3.03. The highest BCUT2D eigenvalue weighted by Crippen LogP contribution is 2.31. The Labute approximate surface area is 119 Å². The van der Waals surface area contributed by atoms with E-state index in [1.54, 1.807) is 6.07 Å². The molecule has 1 aromatic carbocycles. The molecule has 1 atom stereocenters. The zero-order valence-corrected chi connectivity index (χ0v) is 11.8. The number of nitrogens with one attached hydrogen (secondary N) is 1. The molecule has 1 heterocycles. The van der Waals surface area contributed by atoms with Crippen LogP contribution in [0.1, 0.15) is 31.7 Å². The third-order valence-electron chi connectivity index (χ3n) is 4.32. The highest BCUT2D eigenvalue weighted by Gasteiger charge is 2.34. The highest BCUT2D eigenvalue weighted by molar-refractivity contribution is 5.55. The fraction of sp³-hybridized carbons (Fsp3) is 0.600. The van der Waals surface area contributed by atoms with Gasteiger partial charge in [0.1, 0.15) is 0 Å². The zero-order valence-electron chi connectivity index (χ0n) is 11.8. The number of nitro benzene ring substituents is 1. The monoisotopic (exact) mass is 275 g/mol. The van der Waals surface area contributed by atoms with Gasteiger partial charge in [-0.2, -0.15) is 0 Å².